The molecule has 0 aliphatic heterocycles. The van der Waals surface area contributed by atoms with E-state index < -0.39 is 11.0 Å². The molecule has 0 radical (unpaired) electrons. The summed E-state index contributed by atoms with van der Waals surface area (Å²) >= 11 is 0. The Balaban J connectivity index is 1.86. The zero-order valence-electron chi connectivity index (χ0n) is 12.4. The average Bonchev–Trinajstić information content (AvgIpc) is 2.54. The molecular weight excluding hydrogens is 286 g/mol. The van der Waals surface area contributed by atoms with Crippen LogP contribution in [-0.2, 0) is 4.79 Å². The second-order valence-corrected chi connectivity index (χ2v) is 5.23. The summed E-state index contributed by atoms with van der Waals surface area (Å²) in [6, 6.07) is 5.61. The van der Waals surface area contributed by atoms with E-state index in [1.54, 1.807) is 6.92 Å². The van der Waals surface area contributed by atoms with Gasteiger partial charge in [0.1, 0.15) is 5.75 Å². The summed E-state index contributed by atoms with van der Waals surface area (Å²) in [6.45, 7) is 1.61. The molecule has 1 N–H and O–H groups in total. The van der Waals surface area contributed by atoms with Crippen LogP contribution in [0.3, 0.4) is 0 Å². The Morgan fingerprint density at radius 2 is 1.91 bits per heavy atom. The van der Waals surface area contributed by atoms with E-state index in [0.717, 1.165) is 31.4 Å². The van der Waals surface area contributed by atoms with Crippen LogP contribution in [0.4, 0.5) is 5.69 Å². The standard InChI is InChI=1S/C15H19N3O4/c1-11(15(19)17-16-12-5-3-2-4-6-12)22-14-9-7-13(8-10-14)18(20)21/h7-11H,2-6H2,1H3,(H,17,19)/t11-/m1/s1. The second-order valence-electron chi connectivity index (χ2n) is 5.23. The molecule has 0 bridgehead atoms. The van der Waals surface area contributed by atoms with Crippen LogP contribution in [-0.4, -0.2) is 22.6 Å². The SMILES string of the molecule is C[C@@H](Oc1ccc([N+](=O)[O-])cc1)C(=O)NN=C1CCCCC1. The van der Waals surface area contributed by atoms with Crippen LogP contribution in [0, 0.1) is 10.1 Å². The van der Waals surface area contributed by atoms with Crippen molar-refractivity contribution in [3.63, 3.8) is 0 Å². The lowest BCUT2D eigenvalue weighted by atomic mass is 9.99. The van der Waals surface area contributed by atoms with E-state index in [-0.39, 0.29) is 11.6 Å². The van der Waals surface area contributed by atoms with Crippen LogP contribution in [0.15, 0.2) is 29.4 Å². The number of carbonyl (C=O) groups is 1. The van der Waals surface area contributed by atoms with Gasteiger partial charge in [0.15, 0.2) is 6.10 Å². The third kappa shape index (κ3) is 4.54. The van der Waals surface area contributed by atoms with Gasteiger partial charge < -0.3 is 4.74 Å². The number of amides is 1. The van der Waals surface area contributed by atoms with Crippen molar-refractivity contribution in [3.05, 3.63) is 34.4 Å². The molecule has 0 unspecified atom stereocenters. The molecule has 118 valence electrons. The Bertz CT molecular complexity index is 561. The number of nitro benzene ring substituents is 1. The molecule has 1 amide bonds. The number of non-ortho nitro benzene ring substituents is 1. The molecule has 1 saturated carbocycles. The molecule has 1 fully saturated rings. The topological polar surface area (TPSA) is 93.8 Å². The summed E-state index contributed by atoms with van der Waals surface area (Å²) in [5.41, 5.74) is 3.51. The van der Waals surface area contributed by atoms with Crippen molar-refractivity contribution in [2.45, 2.75) is 45.1 Å². The summed E-state index contributed by atoms with van der Waals surface area (Å²) in [5, 5.41) is 14.7. The number of hydrogen-bond donors (Lipinski definition) is 1. The van der Waals surface area contributed by atoms with Crippen molar-refractivity contribution in [2.24, 2.45) is 5.10 Å². The van der Waals surface area contributed by atoms with Crippen LogP contribution in [0.1, 0.15) is 39.0 Å². The van der Waals surface area contributed by atoms with Crippen molar-refractivity contribution >= 4 is 17.3 Å². The zero-order chi connectivity index (χ0) is 15.9. The Labute approximate surface area is 128 Å². The predicted molar refractivity (Wildman–Crippen MR) is 81.8 cm³/mol. The van der Waals surface area contributed by atoms with Gasteiger partial charge in [-0.05, 0) is 44.7 Å². The maximum Gasteiger partial charge on any atom is 0.280 e. The van der Waals surface area contributed by atoms with E-state index in [0.29, 0.717) is 5.75 Å². The first kappa shape index (κ1) is 15.9. The van der Waals surface area contributed by atoms with Crippen molar-refractivity contribution in [2.75, 3.05) is 0 Å². The van der Waals surface area contributed by atoms with Crippen LogP contribution < -0.4 is 10.2 Å². The average molecular weight is 305 g/mol. The van der Waals surface area contributed by atoms with Crippen molar-refractivity contribution in [3.8, 4) is 5.75 Å². The van der Waals surface area contributed by atoms with Gasteiger partial charge in [0.2, 0.25) is 0 Å². The lowest BCUT2D eigenvalue weighted by molar-refractivity contribution is -0.384. The van der Waals surface area contributed by atoms with Crippen LogP contribution in [0.2, 0.25) is 0 Å². The fourth-order valence-electron chi connectivity index (χ4n) is 2.20. The monoisotopic (exact) mass is 305 g/mol. The summed E-state index contributed by atoms with van der Waals surface area (Å²) in [4.78, 5) is 22.0. The molecule has 0 aromatic heterocycles. The minimum atomic E-state index is -0.727. The van der Waals surface area contributed by atoms with Crippen LogP contribution >= 0.6 is 0 Å². The van der Waals surface area contributed by atoms with E-state index in [1.165, 1.54) is 30.7 Å². The lowest BCUT2D eigenvalue weighted by Gasteiger charge is -2.15. The third-order valence-electron chi connectivity index (χ3n) is 3.48. The molecule has 1 aromatic rings. The number of rotatable bonds is 5. The van der Waals surface area contributed by atoms with Gasteiger partial charge in [0.25, 0.3) is 11.6 Å². The quantitative estimate of drug-likeness (QED) is 0.668. The minimum Gasteiger partial charge on any atom is -0.481 e. The number of benzene rings is 1. The normalized spacial score (nSPS) is 15.8. The summed E-state index contributed by atoms with van der Waals surface area (Å²) in [7, 11) is 0. The summed E-state index contributed by atoms with van der Waals surface area (Å²) < 4.78 is 5.45. The van der Waals surface area contributed by atoms with Gasteiger partial charge in [0.05, 0.1) is 4.92 Å². The molecule has 2 rings (SSSR count). The summed E-state index contributed by atoms with van der Waals surface area (Å²) in [6.07, 6.45) is 4.57. The first-order valence-corrected chi connectivity index (χ1v) is 7.32. The van der Waals surface area contributed by atoms with Gasteiger partial charge in [-0.3, -0.25) is 14.9 Å². The van der Waals surface area contributed by atoms with Gasteiger partial charge in [-0.1, -0.05) is 6.42 Å². The van der Waals surface area contributed by atoms with Crippen LogP contribution in [0.25, 0.3) is 0 Å². The number of nitrogens with zero attached hydrogens (tertiary/aromatic N) is 2. The lowest BCUT2D eigenvalue weighted by Crippen LogP contribution is -2.34. The molecule has 1 aliphatic carbocycles. The largest absolute Gasteiger partial charge is 0.481 e. The number of carbonyl (C=O) groups excluding carboxylic acids is 1. The van der Waals surface area contributed by atoms with Gasteiger partial charge in [-0.2, -0.15) is 5.10 Å². The van der Waals surface area contributed by atoms with Crippen LogP contribution in [0.5, 0.6) is 5.75 Å². The Kier molecular flexibility index (Phi) is 5.46. The summed E-state index contributed by atoms with van der Waals surface area (Å²) in [5.74, 6) is 0.0648. The van der Waals surface area contributed by atoms with E-state index in [2.05, 4.69) is 10.5 Å². The van der Waals surface area contributed by atoms with Gasteiger partial charge in [-0.25, -0.2) is 5.43 Å². The minimum absolute atomic E-state index is 0.0202. The van der Waals surface area contributed by atoms with Gasteiger partial charge in [0, 0.05) is 17.8 Å². The molecule has 1 aliphatic rings. The molecule has 0 heterocycles. The highest BCUT2D eigenvalue weighted by molar-refractivity contribution is 5.87. The number of hydrazone groups is 1. The maximum absolute atomic E-state index is 11.9. The molecule has 1 atom stereocenters. The fraction of sp³-hybridized carbons (Fsp3) is 0.467. The third-order valence-corrected chi connectivity index (χ3v) is 3.48. The Morgan fingerprint density at radius 3 is 2.50 bits per heavy atom. The fourth-order valence-corrected chi connectivity index (χ4v) is 2.20. The first-order chi connectivity index (χ1) is 10.6. The van der Waals surface area contributed by atoms with Gasteiger partial charge in [-0.15, -0.1) is 0 Å². The maximum atomic E-state index is 11.9. The van der Waals surface area contributed by atoms with E-state index in [4.69, 9.17) is 4.74 Å². The highest BCUT2D eigenvalue weighted by Crippen LogP contribution is 2.18. The van der Waals surface area contributed by atoms with E-state index in [1.807, 2.05) is 0 Å². The number of hydrogen-bond acceptors (Lipinski definition) is 5. The number of nitro groups is 1. The highest BCUT2D eigenvalue weighted by atomic mass is 16.6. The molecule has 0 spiro atoms. The van der Waals surface area contributed by atoms with Gasteiger partial charge >= 0.3 is 0 Å². The molecule has 0 saturated heterocycles. The smallest absolute Gasteiger partial charge is 0.280 e. The van der Waals surface area contributed by atoms with E-state index >= 15 is 0 Å². The Morgan fingerprint density at radius 1 is 1.27 bits per heavy atom. The second kappa shape index (κ2) is 7.53. The van der Waals surface area contributed by atoms with E-state index in [9.17, 15) is 14.9 Å². The van der Waals surface area contributed by atoms with Crippen molar-refractivity contribution in [1.82, 2.24) is 5.43 Å². The Hall–Kier alpha value is -2.44. The molecule has 1 aromatic carbocycles. The highest BCUT2D eigenvalue weighted by Gasteiger charge is 2.15. The zero-order valence-corrected chi connectivity index (χ0v) is 12.4. The number of ether oxygens (including phenoxy) is 1. The molecular formula is C15H19N3O4. The molecule has 7 nitrogen and oxygen atoms in total. The number of nitrogens with one attached hydrogen (secondary N) is 1. The predicted octanol–water partition coefficient (Wildman–Crippen LogP) is 2.80. The molecule has 22 heavy (non-hydrogen) atoms. The van der Waals surface area contributed by atoms with Crippen molar-refractivity contribution < 1.29 is 14.5 Å². The first-order valence-electron chi connectivity index (χ1n) is 7.32. The molecule has 7 heteroatoms. The van der Waals surface area contributed by atoms with Crippen molar-refractivity contribution in [1.29, 1.82) is 0 Å².